The SMILES string of the molecule is COC(=O)CC/C(=N\OCc1ccc(OCCN(C)c2ccccn2)cc1)c1ccccc1. The van der Waals surface area contributed by atoms with E-state index < -0.39 is 0 Å². The highest BCUT2D eigenvalue weighted by Crippen LogP contribution is 2.15. The fraction of sp³-hybridized carbons (Fsp3) is 0.269. The number of oxime groups is 1. The monoisotopic (exact) mass is 447 g/mol. The molecule has 0 bridgehead atoms. The van der Waals surface area contributed by atoms with E-state index in [0.717, 1.165) is 29.2 Å². The van der Waals surface area contributed by atoms with Gasteiger partial charge in [-0.1, -0.05) is 53.7 Å². The van der Waals surface area contributed by atoms with Crippen LogP contribution in [0.1, 0.15) is 24.0 Å². The number of likely N-dealkylation sites (N-methyl/N-ethyl adjacent to an activating group) is 1. The maximum atomic E-state index is 11.5. The van der Waals surface area contributed by atoms with E-state index in [9.17, 15) is 4.79 Å². The Kier molecular flexibility index (Phi) is 9.27. The average molecular weight is 448 g/mol. The molecule has 7 nitrogen and oxygen atoms in total. The Bertz CT molecular complexity index is 1010. The number of benzene rings is 2. The van der Waals surface area contributed by atoms with E-state index >= 15 is 0 Å². The molecule has 0 aliphatic carbocycles. The van der Waals surface area contributed by atoms with Crippen LogP contribution in [0.15, 0.2) is 84.1 Å². The van der Waals surface area contributed by atoms with Crippen LogP contribution in [0.2, 0.25) is 0 Å². The normalized spacial score (nSPS) is 11.0. The zero-order valence-electron chi connectivity index (χ0n) is 19.0. The minimum Gasteiger partial charge on any atom is -0.492 e. The quantitative estimate of drug-likeness (QED) is 0.232. The lowest BCUT2D eigenvalue weighted by Gasteiger charge is -2.18. The molecular formula is C26H29N3O4. The predicted octanol–water partition coefficient (Wildman–Crippen LogP) is 4.47. The summed E-state index contributed by atoms with van der Waals surface area (Å²) in [5.74, 6) is 1.43. The molecule has 0 amide bonds. The van der Waals surface area contributed by atoms with Crippen molar-refractivity contribution in [3.8, 4) is 5.75 Å². The molecule has 0 N–H and O–H groups in total. The van der Waals surface area contributed by atoms with Gasteiger partial charge in [0, 0.05) is 19.7 Å². The summed E-state index contributed by atoms with van der Waals surface area (Å²) < 4.78 is 10.6. The maximum absolute atomic E-state index is 11.5. The average Bonchev–Trinajstić information content (AvgIpc) is 2.87. The highest BCUT2D eigenvalue weighted by Gasteiger charge is 2.09. The molecule has 1 aromatic heterocycles. The summed E-state index contributed by atoms with van der Waals surface area (Å²) in [6.45, 7) is 1.59. The first kappa shape index (κ1) is 23.8. The standard InChI is InChI=1S/C26H29N3O4/c1-29(25-10-6-7-17-27-25)18-19-32-23-13-11-21(12-14-23)20-33-28-24(15-16-26(30)31-2)22-8-4-3-5-9-22/h3-14,17H,15-16,18-20H2,1-2H3/b28-24+. The fourth-order valence-corrected chi connectivity index (χ4v) is 3.06. The number of pyridine rings is 1. The second-order valence-electron chi connectivity index (χ2n) is 7.36. The summed E-state index contributed by atoms with van der Waals surface area (Å²) in [7, 11) is 3.37. The summed E-state index contributed by atoms with van der Waals surface area (Å²) in [6, 6.07) is 23.2. The molecule has 3 aromatic rings. The third-order valence-corrected chi connectivity index (χ3v) is 4.97. The Morgan fingerprint density at radius 1 is 0.970 bits per heavy atom. The Morgan fingerprint density at radius 3 is 2.42 bits per heavy atom. The summed E-state index contributed by atoms with van der Waals surface area (Å²) >= 11 is 0. The number of ether oxygens (including phenoxy) is 2. The van der Waals surface area contributed by atoms with Crippen LogP contribution >= 0.6 is 0 Å². The zero-order chi connectivity index (χ0) is 23.3. The molecule has 0 saturated heterocycles. The van der Waals surface area contributed by atoms with Crippen molar-refractivity contribution < 1.29 is 19.1 Å². The molecule has 0 aliphatic heterocycles. The molecule has 2 aromatic carbocycles. The van der Waals surface area contributed by atoms with Crippen molar-refractivity contribution in [2.45, 2.75) is 19.4 Å². The third-order valence-electron chi connectivity index (χ3n) is 4.97. The Labute approximate surface area is 194 Å². The van der Waals surface area contributed by atoms with E-state index in [2.05, 4.69) is 10.1 Å². The van der Waals surface area contributed by atoms with Crippen LogP contribution in [0.5, 0.6) is 5.75 Å². The number of hydrogen-bond donors (Lipinski definition) is 0. The molecule has 0 radical (unpaired) electrons. The molecule has 0 spiro atoms. The van der Waals surface area contributed by atoms with Crippen LogP contribution in [0.25, 0.3) is 0 Å². The summed E-state index contributed by atoms with van der Waals surface area (Å²) in [4.78, 5) is 23.5. The predicted molar refractivity (Wildman–Crippen MR) is 128 cm³/mol. The molecule has 172 valence electrons. The Balaban J connectivity index is 1.49. The first-order chi connectivity index (χ1) is 16.2. The lowest BCUT2D eigenvalue weighted by Crippen LogP contribution is -2.24. The van der Waals surface area contributed by atoms with Crippen LogP contribution in [-0.4, -0.2) is 44.0 Å². The van der Waals surface area contributed by atoms with Crippen molar-refractivity contribution in [1.29, 1.82) is 0 Å². The van der Waals surface area contributed by atoms with E-state index in [-0.39, 0.29) is 12.4 Å². The first-order valence-electron chi connectivity index (χ1n) is 10.8. The largest absolute Gasteiger partial charge is 0.492 e. The third kappa shape index (κ3) is 7.96. The number of aromatic nitrogens is 1. The van der Waals surface area contributed by atoms with Gasteiger partial charge < -0.3 is 19.2 Å². The topological polar surface area (TPSA) is 73.2 Å². The van der Waals surface area contributed by atoms with Gasteiger partial charge in [-0.2, -0.15) is 0 Å². The second kappa shape index (κ2) is 12.9. The van der Waals surface area contributed by atoms with E-state index in [4.69, 9.17) is 14.3 Å². The van der Waals surface area contributed by atoms with Gasteiger partial charge in [-0.3, -0.25) is 4.79 Å². The maximum Gasteiger partial charge on any atom is 0.305 e. The smallest absolute Gasteiger partial charge is 0.305 e. The number of nitrogens with zero attached hydrogens (tertiary/aromatic N) is 3. The van der Waals surface area contributed by atoms with Gasteiger partial charge in [0.05, 0.1) is 25.8 Å². The van der Waals surface area contributed by atoms with E-state index in [1.807, 2.05) is 84.7 Å². The number of esters is 1. The van der Waals surface area contributed by atoms with E-state index in [1.165, 1.54) is 7.11 Å². The second-order valence-corrected chi connectivity index (χ2v) is 7.36. The minimum atomic E-state index is -0.277. The molecule has 3 rings (SSSR count). The van der Waals surface area contributed by atoms with Crippen LogP contribution in [0.4, 0.5) is 5.82 Å². The zero-order valence-corrected chi connectivity index (χ0v) is 19.0. The van der Waals surface area contributed by atoms with Crippen molar-refractivity contribution in [2.75, 3.05) is 32.2 Å². The van der Waals surface area contributed by atoms with Gasteiger partial charge in [-0.15, -0.1) is 0 Å². The van der Waals surface area contributed by atoms with Gasteiger partial charge in [-0.25, -0.2) is 4.98 Å². The molecule has 7 heteroatoms. The Morgan fingerprint density at radius 2 is 1.73 bits per heavy atom. The molecule has 0 unspecified atom stereocenters. The van der Waals surface area contributed by atoms with Crippen LogP contribution < -0.4 is 9.64 Å². The van der Waals surface area contributed by atoms with Crippen molar-refractivity contribution in [3.05, 3.63) is 90.1 Å². The highest BCUT2D eigenvalue weighted by molar-refractivity contribution is 6.01. The molecule has 0 fully saturated rings. The van der Waals surface area contributed by atoms with Crippen LogP contribution in [0.3, 0.4) is 0 Å². The number of carbonyl (C=O) groups excluding carboxylic acids is 1. The fourth-order valence-electron chi connectivity index (χ4n) is 3.06. The molecule has 0 saturated carbocycles. The molecule has 0 atom stereocenters. The first-order valence-corrected chi connectivity index (χ1v) is 10.8. The minimum absolute atomic E-state index is 0.245. The lowest BCUT2D eigenvalue weighted by atomic mass is 10.1. The van der Waals surface area contributed by atoms with Crippen molar-refractivity contribution in [1.82, 2.24) is 4.98 Å². The van der Waals surface area contributed by atoms with E-state index in [0.29, 0.717) is 25.3 Å². The lowest BCUT2D eigenvalue weighted by molar-refractivity contribution is -0.140. The molecular weight excluding hydrogens is 418 g/mol. The van der Waals surface area contributed by atoms with Gasteiger partial charge in [-0.05, 0) is 35.4 Å². The van der Waals surface area contributed by atoms with Crippen LogP contribution in [0, 0.1) is 0 Å². The summed E-state index contributed by atoms with van der Waals surface area (Å²) in [6.07, 6.45) is 2.46. The number of anilines is 1. The van der Waals surface area contributed by atoms with Gasteiger partial charge in [0.25, 0.3) is 0 Å². The number of carbonyl (C=O) groups is 1. The molecule has 1 heterocycles. The van der Waals surface area contributed by atoms with Crippen LogP contribution in [-0.2, 0) is 21.0 Å². The van der Waals surface area contributed by atoms with Crippen molar-refractivity contribution in [2.24, 2.45) is 5.16 Å². The van der Waals surface area contributed by atoms with Crippen molar-refractivity contribution >= 4 is 17.5 Å². The van der Waals surface area contributed by atoms with Gasteiger partial charge in [0.15, 0.2) is 0 Å². The van der Waals surface area contributed by atoms with E-state index in [1.54, 1.807) is 6.20 Å². The van der Waals surface area contributed by atoms with Crippen molar-refractivity contribution in [3.63, 3.8) is 0 Å². The van der Waals surface area contributed by atoms with Gasteiger partial charge in [0.2, 0.25) is 0 Å². The van der Waals surface area contributed by atoms with Gasteiger partial charge in [0.1, 0.15) is 24.8 Å². The van der Waals surface area contributed by atoms with Gasteiger partial charge >= 0.3 is 5.97 Å². The number of hydrogen-bond acceptors (Lipinski definition) is 7. The summed E-state index contributed by atoms with van der Waals surface area (Å²) in [5.41, 5.74) is 2.59. The highest BCUT2D eigenvalue weighted by atomic mass is 16.6. The molecule has 0 aliphatic rings. The molecule has 33 heavy (non-hydrogen) atoms. The Hall–Kier alpha value is -3.87. The summed E-state index contributed by atoms with van der Waals surface area (Å²) in [5, 5.41) is 4.28. The number of rotatable bonds is 12. The number of methoxy groups -OCH3 is 1.